The van der Waals surface area contributed by atoms with Crippen LogP contribution in [0.4, 0.5) is 10.2 Å². The highest BCUT2D eigenvalue weighted by Gasteiger charge is 2.14. The molecule has 1 amide bonds. The predicted octanol–water partition coefficient (Wildman–Crippen LogP) is 4.29. The molecule has 0 saturated carbocycles. The van der Waals surface area contributed by atoms with Gasteiger partial charge < -0.3 is 5.32 Å². The van der Waals surface area contributed by atoms with Crippen LogP contribution in [-0.4, -0.2) is 16.1 Å². The van der Waals surface area contributed by atoms with Crippen molar-refractivity contribution in [3.63, 3.8) is 0 Å². The number of rotatable bonds is 3. The zero-order valence-corrected chi connectivity index (χ0v) is 13.0. The van der Waals surface area contributed by atoms with Gasteiger partial charge in [-0.3, -0.25) is 9.89 Å². The maximum Gasteiger partial charge on any atom is 0.259 e. The van der Waals surface area contributed by atoms with E-state index < -0.39 is 11.7 Å². The minimum absolute atomic E-state index is 0.0288. The van der Waals surface area contributed by atoms with Gasteiger partial charge in [-0.05, 0) is 29.6 Å². The molecule has 3 rings (SSSR count). The van der Waals surface area contributed by atoms with Gasteiger partial charge in [0, 0.05) is 10.5 Å². The molecule has 0 spiro atoms. The molecule has 2 aromatic heterocycles. The number of thiophene rings is 1. The molecule has 0 atom stereocenters. The Kier molecular flexibility index (Phi) is 3.85. The zero-order valence-electron chi connectivity index (χ0n) is 10.6. The lowest BCUT2D eigenvalue weighted by Crippen LogP contribution is -2.13. The number of nitrogens with one attached hydrogen (secondary N) is 2. The summed E-state index contributed by atoms with van der Waals surface area (Å²) in [5.41, 5.74) is 0.774. The van der Waals surface area contributed by atoms with Crippen molar-refractivity contribution in [2.45, 2.75) is 0 Å². The Morgan fingerprint density at radius 1 is 1.33 bits per heavy atom. The summed E-state index contributed by atoms with van der Waals surface area (Å²) in [7, 11) is 0. The summed E-state index contributed by atoms with van der Waals surface area (Å²) in [6.45, 7) is 0. The second kappa shape index (κ2) is 5.79. The first-order valence-corrected chi connectivity index (χ1v) is 7.66. The number of halogens is 2. The van der Waals surface area contributed by atoms with E-state index in [-0.39, 0.29) is 5.56 Å². The molecule has 0 unspecified atom stereocenters. The van der Waals surface area contributed by atoms with Crippen molar-refractivity contribution in [1.29, 1.82) is 0 Å². The first-order chi connectivity index (χ1) is 10.1. The van der Waals surface area contributed by atoms with Gasteiger partial charge in [0.2, 0.25) is 0 Å². The van der Waals surface area contributed by atoms with Crippen LogP contribution in [0.2, 0.25) is 0 Å². The maximum absolute atomic E-state index is 13.7. The normalized spacial score (nSPS) is 10.6. The van der Waals surface area contributed by atoms with Gasteiger partial charge in [0.25, 0.3) is 5.91 Å². The third-order valence-corrected chi connectivity index (χ3v) is 4.18. The molecule has 21 heavy (non-hydrogen) atoms. The van der Waals surface area contributed by atoms with Crippen LogP contribution in [0.15, 0.2) is 46.3 Å². The minimum Gasteiger partial charge on any atom is -0.305 e. The molecule has 0 aliphatic heterocycles. The van der Waals surface area contributed by atoms with Gasteiger partial charge in [-0.2, -0.15) is 5.10 Å². The van der Waals surface area contributed by atoms with Crippen molar-refractivity contribution in [3.05, 3.63) is 57.6 Å². The molecule has 2 heterocycles. The molecule has 2 N–H and O–H groups in total. The number of H-pyrrole nitrogens is 1. The van der Waals surface area contributed by atoms with Gasteiger partial charge in [0.1, 0.15) is 5.82 Å². The summed E-state index contributed by atoms with van der Waals surface area (Å²) < 4.78 is 14.3. The van der Waals surface area contributed by atoms with Crippen molar-refractivity contribution >= 4 is 39.0 Å². The van der Waals surface area contributed by atoms with E-state index in [1.165, 1.54) is 12.1 Å². The first-order valence-electron chi connectivity index (χ1n) is 5.99. The van der Waals surface area contributed by atoms with E-state index >= 15 is 0 Å². The van der Waals surface area contributed by atoms with Crippen LogP contribution in [0.1, 0.15) is 10.4 Å². The molecule has 3 aromatic rings. The van der Waals surface area contributed by atoms with Gasteiger partial charge in [-0.1, -0.05) is 22.0 Å². The van der Waals surface area contributed by atoms with Crippen molar-refractivity contribution < 1.29 is 9.18 Å². The summed E-state index contributed by atoms with van der Waals surface area (Å²) >= 11 is 4.71. The van der Waals surface area contributed by atoms with Crippen molar-refractivity contribution in [2.75, 3.05) is 5.32 Å². The molecule has 0 saturated heterocycles. The lowest BCUT2D eigenvalue weighted by molar-refractivity contribution is 0.102. The largest absolute Gasteiger partial charge is 0.305 e. The number of carbonyl (C=O) groups excluding carboxylic acids is 1. The topological polar surface area (TPSA) is 57.8 Å². The monoisotopic (exact) mass is 365 g/mol. The van der Waals surface area contributed by atoms with Crippen LogP contribution in [0.25, 0.3) is 10.6 Å². The molecule has 0 radical (unpaired) electrons. The number of aromatic amines is 1. The van der Waals surface area contributed by atoms with Gasteiger partial charge in [0.15, 0.2) is 5.82 Å². The molecule has 0 bridgehead atoms. The highest BCUT2D eigenvalue weighted by atomic mass is 79.9. The molecule has 0 fully saturated rings. The Labute approximate surface area is 132 Å². The molecular weight excluding hydrogens is 357 g/mol. The third-order valence-electron chi connectivity index (χ3n) is 2.78. The molecular formula is C14H9BrFN3OS. The third kappa shape index (κ3) is 3.03. The van der Waals surface area contributed by atoms with E-state index in [1.807, 2.05) is 17.5 Å². The van der Waals surface area contributed by atoms with Crippen LogP contribution in [0.3, 0.4) is 0 Å². The van der Waals surface area contributed by atoms with E-state index in [0.717, 1.165) is 10.6 Å². The fourth-order valence-electron chi connectivity index (χ4n) is 1.80. The van der Waals surface area contributed by atoms with E-state index in [1.54, 1.807) is 23.5 Å². The van der Waals surface area contributed by atoms with Crippen LogP contribution in [-0.2, 0) is 0 Å². The fraction of sp³-hybridized carbons (Fsp3) is 0. The van der Waals surface area contributed by atoms with Crippen LogP contribution < -0.4 is 5.32 Å². The summed E-state index contributed by atoms with van der Waals surface area (Å²) in [4.78, 5) is 13.0. The first kappa shape index (κ1) is 14.0. The predicted molar refractivity (Wildman–Crippen MR) is 84.0 cm³/mol. The fourth-order valence-corrected chi connectivity index (χ4v) is 2.83. The summed E-state index contributed by atoms with van der Waals surface area (Å²) in [6.07, 6.45) is 0. The maximum atomic E-state index is 13.7. The van der Waals surface area contributed by atoms with Crippen molar-refractivity contribution in [3.8, 4) is 10.6 Å². The Morgan fingerprint density at radius 3 is 2.90 bits per heavy atom. The molecule has 106 valence electrons. The Morgan fingerprint density at radius 2 is 2.19 bits per heavy atom. The molecule has 0 aliphatic rings. The minimum atomic E-state index is -0.587. The Bertz CT molecular complexity index is 785. The smallest absolute Gasteiger partial charge is 0.259 e. The zero-order chi connectivity index (χ0) is 14.8. The van der Waals surface area contributed by atoms with E-state index in [2.05, 4.69) is 31.4 Å². The second-order valence-electron chi connectivity index (χ2n) is 4.22. The molecule has 0 aliphatic carbocycles. The van der Waals surface area contributed by atoms with Crippen LogP contribution >= 0.6 is 27.3 Å². The van der Waals surface area contributed by atoms with Gasteiger partial charge in [-0.15, -0.1) is 11.3 Å². The van der Waals surface area contributed by atoms with Crippen molar-refractivity contribution in [2.24, 2.45) is 0 Å². The molecule has 7 heteroatoms. The number of hydrogen-bond donors (Lipinski definition) is 2. The highest BCUT2D eigenvalue weighted by Crippen LogP contribution is 2.24. The Balaban J connectivity index is 1.79. The average molecular weight is 366 g/mol. The van der Waals surface area contributed by atoms with E-state index in [9.17, 15) is 9.18 Å². The molecule has 4 nitrogen and oxygen atoms in total. The molecule has 1 aromatic carbocycles. The number of carbonyl (C=O) groups is 1. The standard InChI is InChI=1S/C14H9BrFN3OS/c15-8-3-4-9(10(16)6-8)14(20)17-13-7-11(18-19-13)12-2-1-5-21-12/h1-7H,(H2,17,18,19,20). The number of hydrogen-bond acceptors (Lipinski definition) is 3. The van der Waals surface area contributed by atoms with Crippen molar-refractivity contribution in [1.82, 2.24) is 10.2 Å². The second-order valence-corrected chi connectivity index (χ2v) is 6.09. The van der Waals surface area contributed by atoms with Crippen LogP contribution in [0.5, 0.6) is 0 Å². The summed E-state index contributed by atoms with van der Waals surface area (Å²) in [5.74, 6) is -0.772. The van der Waals surface area contributed by atoms with E-state index in [0.29, 0.717) is 10.3 Å². The summed E-state index contributed by atoms with van der Waals surface area (Å²) in [5, 5.41) is 11.4. The lowest BCUT2D eigenvalue weighted by atomic mass is 10.2. The number of nitrogens with zero attached hydrogens (tertiary/aromatic N) is 1. The van der Waals surface area contributed by atoms with Gasteiger partial charge in [-0.25, -0.2) is 4.39 Å². The average Bonchev–Trinajstić information content (AvgIpc) is 3.08. The van der Waals surface area contributed by atoms with Gasteiger partial charge >= 0.3 is 0 Å². The van der Waals surface area contributed by atoms with Gasteiger partial charge in [0.05, 0.1) is 16.1 Å². The lowest BCUT2D eigenvalue weighted by Gasteiger charge is -2.03. The van der Waals surface area contributed by atoms with Crippen LogP contribution in [0, 0.1) is 5.82 Å². The highest BCUT2D eigenvalue weighted by molar-refractivity contribution is 9.10. The summed E-state index contributed by atoms with van der Waals surface area (Å²) in [6, 6.07) is 9.85. The van der Waals surface area contributed by atoms with E-state index in [4.69, 9.17) is 0 Å². The number of benzene rings is 1. The SMILES string of the molecule is O=C(Nc1cc(-c2cccs2)[nH]n1)c1ccc(Br)cc1F. The number of anilines is 1. The quantitative estimate of drug-likeness (QED) is 0.727. The number of aromatic nitrogens is 2. The number of amides is 1. The Hall–Kier alpha value is -1.99.